The summed E-state index contributed by atoms with van der Waals surface area (Å²) in [5.74, 6) is -0.337. The van der Waals surface area contributed by atoms with Gasteiger partial charge in [0.15, 0.2) is 0 Å². The molecule has 2 rings (SSSR count). The molecule has 0 aliphatic carbocycles. The second-order valence-electron chi connectivity index (χ2n) is 5.05. The summed E-state index contributed by atoms with van der Waals surface area (Å²) in [7, 11) is -3.86. The first-order valence-corrected chi connectivity index (χ1v) is 8.37. The molecule has 6 nitrogen and oxygen atoms in total. The molecule has 116 valence electrons. The quantitative estimate of drug-likeness (QED) is 0.821. The highest BCUT2D eigenvalue weighted by molar-refractivity contribution is 7.89. The SMILES string of the molecule is CCc1ccc(C(=O)OCC2CCOC2)cc1S(N)(=O)=O. The van der Waals surface area contributed by atoms with E-state index in [1.54, 1.807) is 12.1 Å². The molecule has 1 aliphatic rings. The molecular formula is C14H19NO5S. The van der Waals surface area contributed by atoms with E-state index in [0.717, 1.165) is 6.42 Å². The topological polar surface area (TPSA) is 95.7 Å². The molecular weight excluding hydrogens is 294 g/mol. The third-order valence-corrected chi connectivity index (χ3v) is 4.46. The van der Waals surface area contributed by atoms with Crippen LogP contribution in [0.1, 0.15) is 29.3 Å². The molecule has 0 spiro atoms. The predicted molar refractivity (Wildman–Crippen MR) is 76.4 cm³/mol. The molecule has 0 radical (unpaired) electrons. The molecule has 1 aromatic rings. The van der Waals surface area contributed by atoms with E-state index in [9.17, 15) is 13.2 Å². The minimum absolute atomic E-state index is 0.0244. The number of nitrogens with two attached hydrogens (primary N) is 1. The summed E-state index contributed by atoms with van der Waals surface area (Å²) >= 11 is 0. The molecule has 1 aliphatic heterocycles. The molecule has 1 heterocycles. The molecule has 2 N–H and O–H groups in total. The molecule has 0 bridgehead atoms. The number of primary sulfonamides is 1. The van der Waals surface area contributed by atoms with Crippen LogP contribution in [0.5, 0.6) is 0 Å². The number of hydrogen-bond acceptors (Lipinski definition) is 5. The van der Waals surface area contributed by atoms with Crippen LogP contribution in [0.15, 0.2) is 23.1 Å². The van der Waals surface area contributed by atoms with Gasteiger partial charge in [0.1, 0.15) is 0 Å². The van der Waals surface area contributed by atoms with Gasteiger partial charge in [-0.15, -0.1) is 0 Å². The Morgan fingerprint density at radius 2 is 2.24 bits per heavy atom. The number of ether oxygens (including phenoxy) is 2. The zero-order valence-electron chi connectivity index (χ0n) is 11.9. The summed E-state index contributed by atoms with van der Waals surface area (Å²) in [5.41, 5.74) is 0.772. The number of carbonyl (C=O) groups excluding carboxylic acids is 1. The van der Waals surface area contributed by atoms with Crippen molar-refractivity contribution < 1.29 is 22.7 Å². The van der Waals surface area contributed by atoms with Gasteiger partial charge in [-0.05, 0) is 30.5 Å². The van der Waals surface area contributed by atoms with E-state index < -0.39 is 16.0 Å². The summed E-state index contributed by atoms with van der Waals surface area (Å²) in [4.78, 5) is 12.0. The highest BCUT2D eigenvalue weighted by atomic mass is 32.2. The van der Waals surface area contributed by atoms with Crippen molar-refractivity contribution in [1.29, 1.82) is 0 Å². The standard InChI is InChI=1S/C14H19NO5S/c1-2-11-3-4-12(7-13(11)21(15,17)18)14(16)20-9-10-5-6-19-8-10/h3-4,7,10H,2,5-6,8-9H2,1H3,(H2,15,17,18). The summed E-state index contributed by atoms with van der Waals surface area (Å²) in [6.45, 7) is 3.37. The molecule has 0 saturated carbocycles. The maximum absolute atomic E-state index is 12.0. The Morgan fingerprint density at radius 1 is 1.48 bits per heavy atom. The first-order valence-electron chi connectivity index (χ1n) is 6.82. The van der Waals surface area contributed by atoms with Crippen molar-refractivity contribution >= 4 is 16.0 Å². The normalized spacial score (nSPS) is 18.7. The summed E-state index contributed by atoms with van der Waals surface area (Å²) in [5, 5.41) is 5.18. The number of rotatable bonds is 5. The fraction of sp³-hybridized carbons (Fsp3) is 0.500. The van der Waals surface area contributed by atoms with Crippen LogP contribution in [0.2, 0.25) is 0 Å². The Kier molecular flexibility index (Phi) is 4.97. The lowest BCUT2D eigenvalue weighted by Crippen LogP contribution is -2.17. The van der Waals surface area contributed by atoms with Crippen LogP contribution in [0.3, 0.4) is 0 Å². The zero-order chi connectivity index (χ0) is 15.5. The average molecular weight is 313 g/mol. The Balaban J connectivity index is 2.13. The largest absolute Gasteiger partial charge is 0.462 e. The predicted octanol–water partition coefficient (Wildman–Crippen LogP) is 1.09. The molecule has 0 aromatic heterocycles. The summed E-state index contributed by atoms with van der Waals surface area (Å²) in [6, 6.07) is 4.43. The van der Waals surface area contributed by atoms with E-state index in [1.807, 2.05) is 6.92 Å². The van der Waals surface area contributed by atoms with E-state index in [-0.39, 0.29) is 23.0 Å². The van der Waals surface area contributed by atoms with Gasteiger partial charge in [-0.1, -0.05) is 13.0 Å². The maximum Gasteiger partial charge on any atom is 0.338 e. The van der Waals surface area contributed by atoms with Gasteiger partial charge in [-0.2, -0.15) is 0 Å². The van der Waals surface area contributed by atoms with E-state index in [0.29, 0.717) is 25.2 Å². The van der Waals surface area contributed by atoms with E-state index in [1.165, 1.54) is 6.07 Å². The molecule has 21 heavy (non-hydrogen) atoms. The van der Waals surface area contributed by atoms with Gasteiger partial charge in [0, 0.05) is 12.5 Å². The number of carbonyl (C=O) groups is 1. The van der Waals surface area contributed by atoms with Crippen molar-refractivity contribution in [2.24, 2.45) is 11.1 Å². The van der Waals surface area contributed by atoms with Crippen molar-refractivity contribution in [2.45, 2.75) is 24.7 Å². The maximum atomic E-state index is 12.0. The van der Waals surface area contributed by atoms with Gasteiger partial charge in [-0.25, -0.2) is 18.4 Å². The minimum Gasteiger partial charge on any atom is -0.462 e. The highest BCUT2D eigenvalue weighted by Crippen LogP contribution is 2.19. The Labute approximate surface area is 124 Å². The number of esters is 1. The monoisotopic (exact) mass is 313 g/mol. The summed E-state index contributed by atoms with van der Waals surface area (Å²) < 4.78 is 33.5. The average Bonchev–Trinajstić information content (AvgIpc) is 2.96. The second-order valence-corrected chi connectivity index (χ2v) is 6.58. The highest BCUT2D eigenvalue weighted by Gasteiger charge is 2.20. The number of aryl methyl sites for hydroxylation is 1. The van der Waals surface area contributed by atoms with E-state index >= 15 is 0 Å². The van der Waals surface area contributed by atoms with Gasteiger partial charge < -0.3 is 9.47 Å². The van der Waals surface area contributed by atoms with Crippen molar-refractivity contribution in [2.75, 3.05) is 19.8 Å². The molecule has 1 unspecified atom stereocenters. The molecule has 1 aromatic carbocycles. The van der Waals surface area contributed by atoms with Gasteiger partial charge in [0.25, 0.3) is 0 Å². The van der Waals surface area contributed by atoms with Crippen LogP contribution >= 0.6 is 0 Å². The fourth-order valence-electron chi connectivity index (χ4n) is 2.23. The molecule has 1 saturated heterocycles. The smallest absolute Gasteiger partial charge is 0.338 e. The lowest BCUT2D eigenvalue weighted by molar-refractivity contribution is 0.0428. The van der Waals surface area contributed by atoms with Crippen molar-refractivity contribution in [3.63, 3.8) is 0 Å². The van der Waals surface area contributed by atoms with Crippen molar-refractivity contribution in [3.8, 4) is 0 Å². The van der Waals surface area contributed by atoms with Crippen LogP contribution in [-0.2, 0) is 25.9 Å². The van der Waals surface area contributed by atoms with Gasteiger partial charge in [-0.3, -0.25) is 0 Å². The van der Waals surface area contributed by atoms with Gasteiger partial charge in [0.2, 0.25) is 10.0 Å². The third-order valence-electron chi connectivity index (χ3n) is 3.46. The lowest BCUT2D eigenvalue weighted by atomic mass is 10.1. The van der Waals surface area contributed by atoms with Crippen molar-refractivity contribution in [1.82, 2.24) is 0 Å². The molecule has 1 fully saturated rings. The second kappa shape index (κ2) is 6.55. The van der Waals surface area contributed by atoms with Crippen LogP contribution in [0.4, 0.5) is 0 Å². The number of benzene rings is 1. The third kappa shape index (κ3) is 4.03. The minimum atomic E-state index is -3.86. The van der Waals surface area contributed by atoms with Crippen molar-refractivity contribution in [3.05, 3.63) is 29.3 Å². The first kappa shape index (κ1) is 15.9. The Morgan fingerprint density at radius 3 is 2.81 bits per heavy atom. The number of sulfonamides is 1. The van der Waals surface area contributed by atoms with Gasteiger partial charge in [0.05, 0.1) is 23.7 Å². The fourth-order valence-corrected chi connectivity index (χ4v) is 3.10. The molecule has 1 atom stereocenters. The number of hydrogen-bond donors (Lipinski definition) is 1. The van der Waals surface area contributed by atoms with E-state index in [4.69, 9.17) is 14.6 Å². The lowest BCUT2D eigenvalue weighted by Gasteiger charge is -2.11. The van der Waals surface area contributed by atoms with Crippen LogP contribution in [0, 0.1) is 5.92 Å². The molecule has 7 heteroatoms. The van der Waals surface area contributed by atoms with Crippen LogP contribution < -0.4 is 5.14 Å². The Bertz CT molecular complexity index is 620. The zero-order valence-corrected chi connectivity index (χ0v) is 12.7. The summed E-state index contributed by atoms with van der Waals surface area (Å²) in [6.07, 6.45) is 1.38. The molecule has 0 amide bonds. The van der Waals surface area contributed by atoms with E-state index in [2.05, 4.69) is 0 Å². The first-order chi connectivity index (χ1) is 9.91. The van der Waals surface area contributed by atoms with Crippen LogP contribution in [-0.4, -0.2) is 34.2 Å². The Hall–Kier alpha value is -1.44. The van der Waals surface area contributed by atoms with Gasteiger partial charge >= 0.3 is 5.97 Å². The van der Waals surface area contributed by atoms with Crippen LogP contribution in [0.25, 0.3) is 0 Å².